The van der Waals surface area contributed by atoms with Crippen molar-refractivity contribution in [1.29, 1.82) is 0 Å². The molecule has 0 spiro atoms. The van der Waals surface area contributed by atoms with E-state index in [9.17, 15) is 9.59 Å². The highest BCUT2D eigenvalue weighted by atomic mass is 35.5. The number of carbonyl (C=O) groups is 3. The highest BCUT2D eigenvalue weighted by molar-refractivity contribution is 6.31. The Kier molecular flexibility index (Phi) is 18.5. The van der Waals surface area contributed by atoms with Crippen molar-refractivity contribution in [2.24, 2.45) is 5.73 Å². The van der Waals surface area contributed by atoms with Gasteiger partial charge in [-0.25, -0.2) is 4.79 Å². The third kappa shape index (κ3) is 15.8. The van der Waals surface area contributed by atoms with Gasteiger partial charge in [-0.3, -0.25) is 14.5 Å². The van der Waals surface area contributed by atoms with Gasteiger partial charge in [0, 0.05) is 43.8 Å². The lowest BCUT2D eigenvalue weighted by molar-refractivity contribution is -0.134. The van der Waals surface area contributed by atoms with Crippen molar-refractivity contribution in [3.05, 3.63) is 58.9 Å². The van der Waals surface area contributed by atoms with E-state index in [0.717, 1.165) is 37.6 Å². The third-order valence-electron chi connectivity index (χ3n) is 5.98. The number of nitrogens with one attached hydrogen (secondary N) is 1. The summed E-state index contributed by atoms with van der Waals surface area (Å²) in [6.07, 6.45) is 4.01. The number of likely N-dealkylation sites (tertiary alicyclic amines) is 1. The molecule has 1 aliphatic heterocycles. The lowest BCUT2D eigenvalue weighted by Gasteiger charge is -2.38. The molecule has 1 atom stereocenters. The van der Waals surface area contributed by atoms with Gasteiger partial charge >= 0.3 is 6.09 Å². The molecule has 2 amide bonds. The fourth-order valence-corrected chi connectivity index (χ4v) is 4.19. The second-order valence-corrected chi connectivity index (χ2v) is 11.2. The number of nitrogens with two attached hydrogens (primary N) is 1. The molecule has 0 aliphatic carbocycles. The number of halogens is 1. The number of allylic oxidation sites excluding steroid dienone is 1. The van der Waals surface area contributed by atoms with Gasteiger partial charge < -0.3 is 30.7 Å². The van der Waals surface area contributed by atoms with Crippen LogP contribution in [0.25, 0.3) is 0 Å². The number of carbonyl (C=O) groups excluding carboxylic acids is 2. The fraction of sp³-hybridized carbons (Fsp3) is 0.581. The maximum absolute atomic E-state index is 13.3. The van der Waals surface area contributed by atoms with Crippen molar-refractivity contribution in [2.45, 2.75) is 85.9 Å². The van der Waals surface area contributed by atoms with Crippen LogP contribution in [0.3, 0.4) is 0 Å². The van der Waals surface area contributed by atoms with E-state index < -0.39 is 17.7 Å². The van der Waals surface area contributed by atoms with Crippen LogP contribution in [0.1, 0.15) is 73.3 Å². The van der Waals surface area contributed by atoms with Crippen molar-refractivity contribution in [3.8, 4) is 0 Å². The molecular formula is C31H52ClN5O5. The van der Waals surface area contributed by atoms with E-state index >= 15 is 0 Å². The molecule has 1 heterocycles. The number of ether oxygens (including phenoxy) is 1. The maximum atomic E-state index is 13.3. The molecule has 2 rings (SSSR count). The summed E-state index contributed by atoms with van der Waals surface area (Å²) in [5.74, 6) is -1.02. The lowest BCUT2D eigenvalue weighted by Crippen LogP contribution is -2.51. The summed E-state index contributed by atoms with van der Waals surface area (Å²) in [6, 6.07) is 7.56. The summed E-state index contributed by atoms with van der Waals surface area (Å²) < 4.78 is 5.42. The molecule has 4 N–H and O–H groups in total. The van der Waals surface area contributed by atoms with Crippen molar-refractivity contribution >= 4 is 29.6 Å². The fourth-order valence-electron chi connectivity index (χ4n) is 4.00. The summed E-state index contributed by atoms with van der Waals surface area (Å²) >= 11 is 6.45. The van der Waals surface area contributed by atoms with Crippen LogP contribution in [0.4, 0.5) is 4.79 Å². The third-order valence-corrected chi connectivity index (χ3v) is 6.35. The minimum absolute atomic E-state index is 0.0381. The number of benzene rings is 1. The van der Waals surface area contributed by atoms with Gasteiger partial charge in [0.05, 0.1) is 12.4 Å². The van der Waals surface area contributed by atoms with Gasteiger partial charge in [0.15, 0.2) is 0 Å². The zero-order chi connectivity index (χ0) is 32.5. The first-order valence-electron chi connectivity index (χ1n) is 14.4. The zero-order valence-electron chi connectivity index (χ0n) is 26.7. The van der Waals surface area contributed by atoms with E-state index in [2.05, 4.69) is 16.8 Å². The number of carboxylic acid groups (broad SMARTS) is 1. The van der Waals surface area contributed by atoms with Gasteiger partial charge in [-0.15, -0.1) is 0 Å². The monoisotopic (exact) mass is 609 g/mol. The summed E-state index contributed by atoms with van der Waals surface area (Å²) in [5, 5.41) is 11.0. The van der Waals surface area contributed by atoms with Crippen LogP contribution in [0.5, 0.6) is 0 Å². The molecule has 1 aromatic carbocycles. The topological polar surface area (TPSA) is 128 Å². The number of carboxylic acids is 1. The Morgan fingerprint density at radius 2 is 1.83 bits per heavy atom. The molecular weight excluding hydrogens is 558 g/mol. The first-order chi connectivity index (χ1) is 19.6. The Bertz CT molecular complexity index is 1040. The first-order valence-corrected chi connectivity index (χ1v) is 14.8. The number of nitrogens with zero attached hydrogens (tertiary/aromatic N) is 3. The van der Waals surface area contributed by atoms with E-state index in [1.54, 1.807) is 11.9 Å². The predicted octanol–water partition coefficient (Wildman–Crippen LogP) is 5.43. The second kappa shape index (κ2) is 19.9. The van der Waals surface area contributed by atoms with E-state index in [0.29, 0.717) is 43.4 Å². The minimum Gasteiger partial charge on any atom is -0.481 e. The lowest BCUT2D eigenvalue weighted by atomic mass is 10.1. The van der Waals surface area contributed by atoms with Crippen molar-refractivity contribution < 1.29 is 24.2 Å². The molecule has 0 bridgehead atoms. The van der Waals surface area contributed by atoms with Crippen molar-refractivity contribution in [2.75, 3.05) is 33.4 Å². The largest absolute Gasteiger partial charge is 0.481 e. The van der Waals surface area contributed by atoms with Crippen LogP contribution in [0.2, 0.25) is 5.02 Å². The van der Waals surface area contributed by atoms with E-state index in [4.69, 9.17) is 32.0 Å². The average molecular weight is 610 g/mol. The standard InChI is InChI=1S/C27H42ClN5O3.C2H4O2.C2H6/c1-20(11-9-15-29)31(6)25(34)21(2)33(17-22-12-7-8-14-24(22)28)19-32-16-10-13-23(18-32)30-26(35)36-27(3,4)5;1-2(3)4;1-2/h7-8,11-12,14,23H,2,9-10,13,15-19,29H2,1,3-6H3,(H,30,35);1H3,(H,3,4);1-2H3. The molecule has 1 aromatic rings. The smallest absolute Gasteiger partial charge is 0.407 e. The number of likely N-dealkylation sites (N-methyl/N-ethyl adjacent to an activating group) is 1. The number of rotatable bonds is 10. The molecule has 0 aromatic heterocycles. The van der Waals surface area contributed by atoms with Crippen LogP contribution >= 0.6 is 11.6 Å². The number of hydrogen-bond acceptors (Lipinski definition) is 7. The number of alkyl carbamates (subject to hydrolysis) is 1. The molecule has 238 valence electrons. The molecule has 1 fully saturated rings. The predicted molar refractivity (Wildman–Crippen MR) is 170 cm³/mol. The number of amides is 2. The molecule has 0 saturated carbocycles. The number of hydrogen-bond donors (Lipinski definition) is 3. The minimum atomic E-state index is -0.833. The van der Waals surface area contributed by atoms with Crippen molar-refractivity contribution in [1.82, 2.24) is 20.0 Å². The Labute approximate surface area is 257 Å². The Balaban J connectivity index is 0.00000257. The molecule has 1 unspecified atom stereocenters. The zero-order valence-corrected chi connectivity index (χ0v) is 27.5. The SMILES string of the molecule is C=C(C(=O)N(C)C(C)=CCCN)N(Cc1ccccc1Cl)CN1CCCC(NC(=O)OC(C)(C)C)C1.CC.CC(=O)O. The van der Waals surface area contributed by atoms with Crippen LogP contribution in [0.15, 0.2) is 48.3 Å². The highest BCUT2D eigenvalue weighted by Crippen LogP contribution is 2.22. The van der Waals surface area contributed by atoms with Crippen LogP contribution in [-0.2, 0) is 20.9 Å². The Morgan fingerprint density at radius 3 is 2.38 bits per heavy atom. The maximum Gasteiger partial charge on any atom is 0.407 e. The van der Waals surface area contributed by atoms with Gasteiger partial charge in [0.2, 0.25) is 0 Å². The van der Waals surface area contributed by atoms with Gasteiger partial charge in [-0.05, 0) is 71.7 Å². The van der Waals surface area contributed by atoms with Crippen molar-refractivity contribution in [3.63, 3.8) is 0 Å². The second-order valence-electron chi connectivity index (χ2n) is 10.7. The average Bonchev–Trinajstić information content (AvgIpc) is 2.91. The normalized spacial score (nSPS) is 15.2. The first kappa shape index (κ1) is 38.9. The molecule has 11 heteroatoms. The Hall–Kier alpha value is -3.08. The Morgan fingerprint density at radius 1 is 1.24 bits per heavy atom. The van der Waals surface area contributed by atoms with E-state index in [-0.39, 0.29) is 11.9 Å². The van der Waals surface area contributed by atoms with Gasteiger partial charge in [-0.2, -0.15) is 0 Å². The van der Waals surface area contributed by atoms with Gasteiger partial charge in [0.1, 0.15) is 5.60 Å². The summed E-state index contributed by atoms with van der Waals surface area (Å²) in [4.78, 5) is 40.4. The highest BCUT2D eigenvalue weighted by Gasteiger charge is 2.27. The molecule has 0 radical (unpaired) electrons. The van der Waals surface area contributed by atoms with Gasteiger partial charge in [0.25, 0.3) is 11.9 Å². The summed E-state index contributed by atoms with van der Waals surface area (Å²) in [7, 11) is 1.74. The number of aliphatic carboxylic acids is 1. The number of piperidine rings is 1. The van der Waals surface area contributed by atoms with Crippen LogP contribution < -0.4 is 11.1 Å². The summed E-state index contributed by atoms with van der Waals surface area (Å²) in [6.45, 7) is 19.6. The van der Waals surface area contributed by atoms with E-state index in [1.807, 2.05) is 76.8 Å². The van der Waals surface area contributed by atoms with Crippen LogP contribution in [0, 0.1) is 0 Å². The van der Waals surface area contributed by atoms with Gasteiger partial charge in [-0.1, -0.05) is 56.3 Å². The molecule has 42 heavy (non-hydrogen) atoms. The molecule has 1 aliphatic rings. The quantitative estimate of drug-likeness (QED) is 0.300. The molecule has 1 saturated heterocycles. The van der Waals surface area contributed by atoms with Crippen LogP contribution in [-0.4, -0.2) is 82.8 Å². The van der Waals surface area contributed by atoms with E-state index in [1.165, 1.54) is 0 Å². The summed E-state index contributed by atoms with van der Waals surface area (Å²) in [5.41, 5.74) is 7.17. The molecule has 10 nitrogen and oxygen atoms in total.